The third kappa shape index (κ3) is 5.48. The van der Waals surface area contributed by atoms with Gasteiger partial charge in [0.1, 0.15) is 0 Å². The van der Waals surface area contributed by atoms with Gasteiger partial charge in [-0.2, -0.15) is 0 Å². The van der Waals surface area contributed by atoms with Crippen LogP contribution >= 0.6 is 11.3 Å². The summed E-state index contributed by atoms with van der Waals surface area (Å²) in [6.45, 7) is 0. The number of benzene rings is 8. The molecule has 0 bridgehead atoms. The van der Waals surface area contributed by atoms with Crippen LogP contribution in [0.25, 0.3) is 104 Å². The summed E-state index contributed by atoms with van der Waals surface area (Å²) in [6.07, 6.45) is 0. The van der Waals surface area contributed by atoms with Crippen molar-refractivity contribution in [3.05, 3.63) is 194 Å². The Morgan fingerprint density at radius 1 is 0.339 bits per heavy atom. The van der Waals surface area contributed by atoms with Crippen LogP contribution in [0.1, 0.15) is 0 Å². The van der Waals surface area contributed by atoms with E-state index in [1.165, 1.54) is 53.2 Å². The highest BCUT2D eigenvalue weighted by Gasteiger charge is 2.19. The first kappa shape index (κ1) is 32.2. The van der Waals surface area contributed by atoms with Crippen molar-refractivity contribution >= 4 is 53.3 Å². The Labute approximate surface area is 327 Å². The number of hydrogen-bond acceptors (Lipinski definition) is 4. The number of nitrogens with zero attached hydrogens (tertiary/aromatic N) is 4. The predicted molar refractivity (Wildman–Crippen MR) is 234 cm³/mol. The Bertz CT molecular complexity index is 3160. The van der Waals surface area contributed by atoms with E-state index in [0.717, 1.165) is 33.4 Å². The van der Waals surface area contributed by atoms with E-state index < -0.39 is 0 Å². The van der Waals surface area contributed by atoms with E-state index in [9.17, 15) is 0 Å². The van der Waals surface area contributed by atoms with Gasteiger partial charge in [0.25, 0.3) is 0 Å². The highest BCUT2D eigenvalue weighted by molar-refractivity contribution is 7.26. The fourth-order valence-corrected chi connectivity index (χ4v) is 9.19. The van der Waals surface area contributed by atoms with Crippen molar-refractivity contribution in [2.24, 2.45) is 0 Å². The van der Waals surface area contributed by atoms with Crippen molar-refractivity contribution in [2.45, 2.75) is 0 Å². The van der Waals surface area contributed by atoms with E-state index in [-0.39, 0.29) is 0 Å². The maximum absolute atomic E-state index is 5.08. The standard InChI is InChI=1S/C51H32N4S/c1-4-13-33(14-5-1)34-23-27-39(28-24-34)55-45-30-26-37(40-20-12-21-43-42-19-10-11-22-47(42)56-48(40)43)31-44(45)41-29-25-38(32-46(41)55)51-53-49(35-15-6-2-7-16-35)52-50(54-51)36-17-8-3-9-18-36/h1-32H. The molecule has 0 saturated heterocycles. The van der Waals surface area contributed by atoms with Gasteiger partial charge < -0.3 is 4.57 Å². The molecular weight excluding hydrogens is 701 g/mol. The van der Waals surface area contributed by atoms with Crippen LogP contribution in [0.2, 0.25) is 0 Å². The molecule has 8 aromatic carbocycles. The molecule has 56 heavy (non-hydrogen) atoms. The van der Waals surface area contributed by atoms with Crippen LogP contribution in [0.15, 0.2) is 194 Å². The first-order chi connectivity index (χ1) is 27.7. The maximum Gasteiger partial charge on any atom is 0.164 e. The summed E-state index contributed by atoms with van der Waals surface area (Å²) in [6, 6.07) is 68.7. The lowest BCUT2D eigenvalue weighted by Crippen LogP contribution is -2.00. The lowest BCUT2D eigenvalue weighted by atomic mass is 10.0. The first-order valence-corrected chi connectivity index (χ1v) is 19.6. The molecule has 0 unspecified atom stereocenters. The second kappa shape index (κ2) is 13.3. The molecule has 4 nitrogen and oxygen atoms in total. The summed E-state index contributed by atoms with van der Waals surface area (Å²) in [5, 5.41) is 4.97. The van der Waals surface area contributed by atoms with Gasteiger partial charge in [0.05, 0.1) is 11.0 Å². The molecule has 262 valence electrons. The molecular formula is C51H32N4S. The number of thiophene rings is 1. The monoisotopic (exact) mass is 732 g/mol. The Balaban J connectivity index is 1.13. The average molecular weight is 733 g/mol. The Kier molecular flexibility index (Phi) is 7.64. The molecule has 0 spiro atoms. The second-order valence-electron chi connectivity index (χ2n) is 14.0. The normalized spacial score (nSPS) is 11.6. The molecule has 0 fully saturated rings. The van der Waals surface area contributed by atoms with E-state index >= 15 is 0 Å². The summed E-state index contributed by atoms with van der Waals surface area (Å²) in [4.78, 5) is 15.1. The van der Waals surface area contributed by atoms with Crippen LogP contribution in [0.5, 0.6) is 0 Å². The van der Waals surface area contributed by atoms with E-state index in [0.29, 0.717) is 17.5 Å². The van der Waals surface area contributed by atoms with Crippen LogP contribution in [0, 0.1) is 0 Å². The molecule has 5 heteroatoms. The van der Waals surface area contributed by atoms with Crippen LogP contribution in [0.3, 0.4) is 0 Å². The van der Waals surface area contributed by atoms with Gasteiger partial charge in [-0.3, -0.25) is 0 Å². The molecule has 11 aromatic rings. The molecule has 0 aliphatic heterocycles. The summed E-state index contributed by atoms with van der Waals surface area (Å²) in [5.74, 6) is 1.92. The van der Waals surface area contributed by atoms with E-state index in [1.807, 2.05) is 72.0 Å². The third-order valence-corrected chi connectivity index (χ3v) is 11.9. The van der Waals surface area contributed by atoms with Crippen molar-refractivity contribution in [1.29, 1.82) is 0 Å². The fourth-order valence-electron chi connectivity index (χ4n) is 7.95. The Morgan fingerprint density at radius 2 is 0.893 bits per heavy atom. The van der Waals surface area contributed by atoms with Crippen LogP contribution < -0.4 is 0 Å². The summed E-state index contributed by atoms with van der Waals surface area (Å²) in [7, 11) is 0. The lowest BCUT2D eigenvalue weighted by molar-refractivity contribution is 1.07. The molecule has 11 rings (SSSR count). The topological polar surface area (TPSA) is 43.6 Å². The molecule has 0 N–H and O–H groups in total. The molecule has 3 aromatic heterocycles. The number of fused-ring (bicyclic) bond motifs is 6. The molecule has 0 aliphatic carbocycles. The minimum absolute atomic E-state index is 0.632. The molecule has 0 aliphatic rings. The zero-order chi connectivity index (χ0) is 37.0. The Hall–Kier alpha value is -7.21. The van der Waals surface area contributed by atoms with Gasteiger partial charge in [-0.25, -0.2) is 15.0 Å². The van der Waals surface area contributed by atoms with Crippen molar-refractivity contribution in [3.63, 3.8) is 0 Å². The highest BCUT2D eigenvalue weighted by Crippen LogP contribution is 2.42. The van der Waals surface area contributed by atoms with Crippen LogP contribution in [0.4, 0.5) is 0 Å². The van der Waals surface area contributed by atoms with Gasteiger partial charge in [0.15, 0.2) is 17.5 Å². The van der Waals surface area contributed by atoms with Gasteiger partial charge in [-0.05, 0) is 58.7 Å². The van der Waals surface area contributed by atoms with E-state index in [1.54, 1.807) is 0 Å². The maximum atomic E-state index is 5.08. The fraction of sp³-hybridized carbons (Fsp3) is 0. The Morgan fingerprint density at radius 3 is 1.59 bits per heavy atom. The SMILES string of the molecule is c1ccc(-c2ccc(-n3c4ccc(-c5cccc6c5sc5ccccc56)cc4c4ccc(-c5nc(-c6ccccc6)nc(-c6ccccc6)n5)cc43)cc2)cc1. The smallest absolute Gasteiger partial charge is 0.164 e. The van der Waals surface area contributed by atoms with E-state index in [4.69, 9.17) is 15.0 Å². The molecule has 0 radical (unpaired) electrons. The van der Waals surface area contributed by atoms with Crippen molar-refractivity contribution in [2.75, 3.05) is 0 Å². The van der Waals surface area contributed by atoms with Crippen LogP contribution in [-0.4, -0.2) is 19.5 Å². The molecule has 0 saturated carbocycles. The number of rotatable bonds is 6. The highest BCUT2D eigenvalue weighted by atomic mass is 32.1. The van der Waals surface area contributed by atoms with Crippen LogP contribution in [-0.2, 0) is 0 Å². The quantitative estimate of drug-likeness (QED) is 0.171. The van der Waals surface area contributed by atoms with Gasteiger partial charge in [0.2, 0.25) is 0 Å². The summed E-state index contributed by atoms with van der Waals surface area (Å²) in [5.41, 5.74) is 11.0. The molecule has 0 atom stereocenters. The van der Waals surface area contributed by atoms with Crippen molar-refractivity contribution < 1.29 is 0 Å². The van der Waals surface area contributed by atoms with Crippen molar-refractivity contribution in [1.82, 2.24) is 19.5 Å². The van der Waals surface area contributed by atoms with E-state index in [2.05, 4.69) is 138 Å². The zero-order valence-corrected chi connectivity index (χ0v) is 31.0. The third-order valence-electron chi connectivity index (χ3n) is 10.7. The molecule has 0 amide bonds. The predicted octanol–water partition coefficient (Wildman–Crippen LogP) is 13.7. The zero-order valence-electron chi connectivity index (χ0n) is 30.2. The lowest BCUT2D eigenvalue weighted by Gasteiger charge is -2.11. The van der Waals surface area contributed by atoms with Gasteiger partial charge in [-0.1, -0.05) is 158 Å². The minimum atomic E-state index is 0.632. The minimum Gasteiger partial charge on any atom is -0.309 e. The first-order valence-electron chi connectivity index (χ1n) is 18.8. The summed E-state index contributed by atoms with van der Waals surface area (Å²) < 4.78 is 5.00. The van der Waals surface area contributed by atoms with Gasteiger partial charge >= 0.3 is 0 Å². The van der Waals surface area contributed by atoms with Gasteiger partial charge in [-0.15, -0.1) is 11.3 Å². The summed E-state index contributed by atoms with van der Waals surface area (Å²) >= 11 is 1.87. The average Bonchev–Trinajstić information content (AvgIpc) is 3.82. The van der Waals surface area contributed by atoms with Gasteiger partial charge in [0, 0.05) is 53.3 Å². The number of hydrogen-bond donors (Lipinski definition) is 0. The number of aromatic nitrogens is 4. The van der Waals surface area contributed by atoms with Crippen molar-refractivity contribution in [3.8, 4) is 62.1 Å². The molecule has 3 heterocycles. The largest absolute Gasteiger partial charge is 0.309 e. The second-order valence-corrected chi connectivity index (χ2v) is 15.1.